The molecular weight excluding hydrogens is 250 g/mol. The Morgan fingerprint density at radius 3 is 2.37 bits per heavy atom. The van der Waals surface area contributed by atoms with Gasteiger partial charge in [-0.2, -0.15) is 0 Å². The maximum atomic E-state index is 11.9. The molecule has 0 radical (unpaired) electrons. The van der Waals surface area contributed by atoms with Gasteiger partial charge in [0.15, 0.2) is 0 Å². The molecule has 0 bridgehead atoms. The number of hydrogen-bond donors (Lipinski definition) is 3. The van der Waals surface area contributed by atoms with Crippen LogP contribution >= 0.6 is 0 Å². The molecule has 3 N–H and O–H groups in total. The van der Waals surface area contributed by atoms with Crippen LogP contribution in [-0.4, -0.2) is 34.1 Å². The average Bonchev–Trinajstić information content (AvgIpc) is 2.31. The number of carbonyl (C=O) groups excluding carboxylic acids is 1. The van der Waals surface area contributed by atoms with Crippen LogP contribution in [0.2, 0.25) is 0 Å². The Kier molecular flexibility index (Phi) is 4.63. The Morgan fingerprint density at radius 2 is 1.84 bits per heavy atom. The Bertz CT molecular complexity index is 524. The summed E-state index contributed by atoms with van der Waals surface area (Å²) in [6, 6.07) is 3.64. The van der Waals surface area contributed by atoms with Crippen molar-refractivity contribution in [2.24, 2.45) is 0 Å². The normalized spacial score (nSPS) is 11.7. The number of aryl methyl sites for hydroxylation is 1. The summed E-state index contributed by atoms with van der Waals surface area (Å²) in [5.74, 6) is -3.25. The molecule has 102 valence electrons. The number of carboxylic acids is 2. The topological polar surface area (TPSA) is 104 Å². The van der Waals surface area contributed by atoms with Crippen LogP contribution in [0.5, 0.6) is 0 Å². The van der Waals surface area contributed by atoms with Crippen LogP contribution in [0.25, 0.3) is 0 Å². The highest BCUT2D eigenvalue weighted by molar-refractivity contribution is 5.98. The molecule has 0 aliphatic rings. The van der Waals surface area contributed by atoms with Gasteiger partial charge in [-0.3, -0.25) is 9.59 Å². The maximum absolute atomic E-state index is 11.9. The van der Waals surface area contributed by atoms with Crippen LogP contribution in [0.4, 0.5) is 0 Å². The van der Waals surface area contributed by atoms with Gasteiger partial charge in [0.05, 0.1) is 6.42 Å². The fourth-order valence-electron chi connectivity index (χ4n) is 1.61. The molecule has 1 aromatic rings. The lowest BCUT2D eigenvalue weighted by Crippen LogP contribution is -2.42. The first-order chi connectivity index (χ1) is 8.82. The van der Waals surface area contributed by atoms with Crippen molar-refractivity contribution in [3.63, 3.8) is 0 Å². The number of nitrogens with one attached hydrogen (secondary N) is 1. The Morgan fingerprint density at radius 1 is 1.21 bits per heavy atom. The highest BCUT2D eigenvalue weighted by Crippen LogP contribution is 2.12. The Hall–Kier alpha value is -2.37. The van der Waals surface area contributed by atoms with Gasteiger partial charge in [-0.15, -0.1) is 0 Å². The summed E-state index contributed by atoms with van der Waals surface area (Å²) in [7, 11) is 0. The van der Waals surface area contributed by atoms with E-state index < -0.39 is 30.3 Å². The van der Waals surface area contributed by atoms with Crippen LogP contribution < -0.4 is 5.32 Å². The Balaban J connectivity index is 2.91. The molecule has 0 aromatic heterocycles. The first-order valence-corrected chi connectivity index (χ1v) is 5.64. The van der Waals surface area contributed by atoms with E-state index in [1.54, 1.807) is 19.1 Å². The molecule has 1 atom stereocenters. The second-order valence-corrected chi connectivity index (χ2v) is 4.21. The highest BCUT2D eigenvalue weighted by atomic mass is 16.4. The molecule has 6 heteroatoms. The summed E-state index contributed by atoms with van der Waals surface area (Å²) in [5, 5.41) is 19.7. The van der Waals surface area contributed by atoms with E-state index in [0.717, 1.165) is 11.1 Å². The van der Waals surface area contributed by atoms with Crippen molar-refractivity contribution in [2.75, 3.05) is 0 Å². The fraction of sp³-hybridized carbons (Fsp3) is 0.308. The molecule has 0 fully saturated rings. The summed E-state index contributed by atoms with van der Waals surface area (Å²) < 4.78 is 0. The zero-order valence-corrected chi connectivity index (χ0v) is 10.6. The van der Waals surface area contributed by atoms with Gasteiger partial charge in [-0.25, -0.2) is 4.79 Å². The standard InChI is InChI=1S/C13H15NO5/c1-7-4-3-5-9(8(7)2)12(17)14-10(13(18)19)6-11(15)16/h3-5,10H,6H2,1-2H3,(H,14,17)(H,15,16)(H,18,19). The van der Waals surface area contributed by atoms with Crippen molar-refractivity contribution in [1.82, 2.24) is 5.32 Å². The zero-order valence-electron chi connectivity index (χ0n) is 10.6. The van der Waals surface area contributed by atoms with E-state index >= 15 is 0 Å². The predicted octanol–water partition coefficient (Wildman–Crippen LogP) is 0.961. The summed E-state index contributed by atoms with van der Waals surface area (Å²) in [6.45, 7) is 3.58. The summed E-state index contributed by atoms with van der Waals surface area (Å²) in [4.78, 5) is 33.4. The molecule has 0 aliphatic heterocycles. The summed E-state index contributed by atoms with van der Waals surface area (Å²) in [5.41, 5.74) is 1.98. The van der Waals surface area contributed by atoms with Gasteiger partial charge in [0.2, 0.25) is 0 Å². The largest absolute Gasteiger partial charge is 0.481 e. The van der Waals surface area contributed by atoms with E-state index in [2.05, 4.69) is 5.32 Å². The van der Waals surface area contributed by atoms with Crippen LogP contribution in [0.3, 0.4) is 0 Å². The third kappa shape index (κ3) is 3.80. The number of hydrogen-bond acceptors (Lipinski definition) is 3. The van der Waals surface area contributed by atoms with E-state index in [-0.39, 0.29) is 0 Å². The Labute approximate surface area is 110 Å². The fourth-order valence-corrected chi connectivity index (χ4v) is 1.61. The zero-order chi connectivity index (χ0) is 14.6. The van der Waals surface area contributed by atoms with Gasteiger partial charge >= 0.3 is 11.9 Å². The molecular formula is C13H15NO5. The molecule has 0 aliphatic carbocycles. The third-order valence-electron chi connectivity index (χ3n) is 2.83. The van der Waals surface area contributed by atoms with Gasteiger partial charge in [0, 0.05) is 5.56 Å². The number of rotatable bonds is 5. The number of carbonyl (C=O) groups is 3. The lowest BCUT2D eigenvalue weighted by molar-refractivity contribution is -0.145. The van der Waals surface area contributed by atoms with Gasteiger partial charge in [-0.1, -0.05) is 12.1 Å². The van der Waals surface area contributed by atoms with E-state index in [4.69, 9.17) is 10.2 Å². The molecule has 0 saturated carbocycles. The molecule has 6 nitrogen and oxygen atoms in total. The smallest absolute Gasteiger partial charge is 0.326 e. The lowest BCUT2D eigenvalue weighted by Gasteiger charge is -2.14. The predicted molar refractivity (Wildman–Crippen MR) is 67.1 cm³/mol. The minimum atomic E-state index is -1.44. The van der Waals surface area contributed by atoms with Crippen LogP contribution in [-0.2, 0) is 9.59 Å². The van der Waals surface area contributed by atoms with Gasteiger partial charge in [0.1, 0.15) is 6.04 Å². The van der Waals surface area contributed by atoms with Crippen molar-refractivity contribution in [2.45, 2.75) is 26.3 Å². The van der Waals surface area contributed by atoms with E-state index in [1.807, 2.05) is 13.0 Å². The average molecular weight is 265 g/mol. The van der Waals surface area contributed by atoms with E-state index in [9.17, 15) is 14.4 Å². The number of carboxylic acid groups (broad SMARTS) is 2. The SMILES string of the molecule is Cc1cccc(C(=O)NC(CC(=O)O)C(=O)O)c1C. The van der Waals surface area contributed by atoms with Crippen LogP contribution in [0.15, 0.2) is 18.2 Å². The minimum absolute atomic E-state index is 0.344. The second-order valence-electron chi connectivity index (χ2n) is 4.21. The second kappa shape index (κ2) is 5.99. The van der Waals surface area contributed by atoms with Gasteiger partial charge in [0.25, 0.3) is 5.91 Å². The van der Waals surface area contributed by atoms with Crippen molar-refractivity contribution >= 4 is 17.8 Å². The number of amides is 1. The van der Waals surface area contributed by atoms with Crippen molar-refractivity contribution < 1.29 is 24.6 Å². The van der Waals surface area contributed by atoms with Crippen molar-refractivity contribution in [3.05, 3.63) is 34.9 Å². The lowest BCUT2D eigenvalue weighted by atomic mass is 10.0. The highest BCUT2D eigenvalue weighted by Gasteiger charge is 2.24. The summed E-state index contributed by atoms with van der Waals surface area (Å²) in [6.07, 6.45) is -0.661. The van der Waals surface area contributed by atoms with Crippen molar-refractivity contribution in [3.8, 4) is 0 Å². The first-order valence-electron chi connectivity index (χ1n) is 5.64. The summed E-state index contributed by atoms with van der Waals surface area (Å²) >= 11 is 0. The number of aliphatic carboxylic acids is 2. The van der Waals surface area contributed by atoms with Crippen LogP contribution in [0, 0.1) is 13.8 Å². The van der Waals surface area contributed by atoms with Gasteiger partial charge < -0.3 is 15.5 Å². The van der Waals surface area contributed by atoms with Crippen LogP contribution in [0.1, 0.15) is 27.9 Å². The monoisotopic (exact) mass is 265 g/mol. The quantitative estimate of drug-likeness (QED) is 0.735. The molecule has 0 saturated heterocycles. The molecule has 1 aromatic carbocycles. The first kappa shape index (κ1) is 14.7. The molecule has 1 unspecified atom stereocenters. The third-order valence-corrected chi connectivity index (χ3v) is 2.83. The molecule has 0 heterocycles. The minimum Gasteiger partial charge on any atom is -0.481 e. The molecule has 1 rings (SSSR count). The molecule has 0 spiro atoms. The molecule has 1 amide bonds. The van der Waals surface area contributed by atoms with E-state index in [1.165, 1.54) is 0 Å². The van der Waals surface area contributed by atoms with E-state index in [0.29, 0.717) is 5.56 Å². The molecule has 19 heavy (non-hydrogen) atoms. The number of benzene rings is 1. The van der Waals surface area contributed by atoms with Gasteiger partial charge in [-0.05, 0) is 31.0 Å². The van der Waals surface area contributed by atoms with Crippen molar-refractivity contribution in [1.29, 1.82) is 0 Å². The maximum Gasteiger partial charge on any atom is 0.326 e.